The molecule has 0 fully saturated rings. The highest BCUT2D eigenvalue weighted by Gasteiger charge is 1.97. The summed E-state index contributed by atoms with van der Waals surface area (Å²) in [4.78, 5) is 10.8. The smallest absolute Gasteiger partial charge is 0.324 e. The summed E-state index contributed by atoms with van der Waals surface area (Å²) in [5.41, 5.74) is 1.17. The maximum absolute atomic E-state index is 10.8. The molecule has 0 spiro atoms. The first-order valence-corrected chi connectivity index (χ1v) is 7.12. The number of amides is 2. The number of thioether (sulfide) groups is 1. The van der Waals surface area contributed by atoms with E-state index < -0.39 is 0 Å². The van der Waals surface area contributed by atoms with E-state index in [4.69, 9.17) is 0 Å². The number of aryl methyl sites for hydroxylation is 1. The zero-order valence-corrected chi connectivity index (χ0v) is 10.8. The van der Waals surface area contributed by atoms with Crippen molar-refractivity contribution >= 4 is 29.7 Å². The third-order valence-corrected chi connectivity index (χ3v) is 3.78. The molecule has 7 heteroatoms. The van der Waals surface area contributed by atoms with Crippen LogP contribution in [0.3, 0.4) is 0 Å². The molecule has 0 aliphatic rings. The van der Waals surface area contributed by atoms with Crippen LogP contribution in [-0.4, -0.2) is 40.5 Å². The van der Waals surface area contributed by atoms with Gasteiger partial charge in [0, 0.05) is 30.4 Å². The molecule has 0 saturated heterocycles. The van der Waals surface area contributed by atoms with Gasteiger partial charge in [-0.1, -0.05) is 0 Å². The molecular formula is C9H16N4OS2. The Hall–Kier alpha value is -0.820. The molecule has 0 aliphatic heterocycles. The van der Waals surface area contributed by atoms with Crippen molar-refractivity contribution in [3.05, 3.63) is 18.0 Å². The van der Waals surface area contributed by atoms with Crippen LogP contribution in [0.25, 0.3) is 0 Å². The molecular weight excluding hydrogens is 244 g/mol. The molecule has 0 saturated carbocycles. The highest BCUT2D eigenvalue weighted by atomic mass is 32.2. The zero-order valence-electron chi connectivity index (χ0n) is 9.16. The van der Waals surface area contributed by atoms with Gasteiger partial charge in [0.15, 0.2) is 0 Å². The van der Waals surface area contributed by atoms with Crippen LogP contribution in [-0.2, 0) is 6.42 Å². The van der Waals surface area contributed by atoms with E-state index in [-0.39, 0.29) is 6.03 Å². The van der Waals surface area contributed by atoms with Gasteiger partial charge < -0.3 is 5.32 Å². The topological polar surface area (TPSA) is 69.8 Å². The minimum absolute atomic E-state index is 0.146. The molecule has 90 valence electrons. The van der Waals surface area contributed by atoms with Crippen LogP contribution in [0.15, 0.2) is 12.3 Å². The van der Waals surface area contributed by atoms with E-state index in [0.29, 0.717) is 0 Å². The lowest BCUT2D eigenvalue weighted by Crippen LogP contribution is -2.27. The van der Waals surface area contributed by atoms with Crippen molar-refractivity contribution in [1.82, 2.24) is 20.2 Å². The molecule has 0 radical (unpaired) electrons. The van der Waals surface area contributed by atoms with Gasteiger partial charge in [0.2, 0.25) is 0 Å². The summed E-state index contributed by atoms with van der Waals surface area (Å²) < 4.78 is 2.67. The lowest BCUT2D eigenvalue weighted by molar-refractivity contribution is 0.248. The van der Waals surface area contributed by atoms with Crippen molar-refractivity contribution in [2.24, 2.45) is 0 Å². The van der Waals surface area contributed by atoms with E-state index in [1.165, 1.54) is 17.6 Å². The minimum Gasteiger partial charge on any atom is -0.341 e. The largest absolute Gasteiger partial charge is 0.341 e. The van der Waals surface area contributed by atoms with Gasteiger partial charge in [-0.15, -0.1) is 0 Å². The normalized spacial score (nSPS) is 10.1. The standard InChI is InChI=1S/C9H16N4OS2/c1-10-9(14)13-16-7-6-15-5-3-8-2-4-11-12-8/h2,4H,3,5-7H2,1H3,(H,11,12)(H2,10,13,14). The van der Waals surface area contributed by atoms with Gasteiger partial charge in [0.25, 0.3) is 0 Å². The Kier molecular flexibility index (Phi) is 6.91. The van der Waals surface area contributed by atoms with Crippen molar-refractivity contribution in [3.63, 3.8) is 0 Å². The highest BCUT2D eigenvalue weighted by molar-refractivity contribution is 8.02. The number of carbonyl (C=O) groups excluding carboxylic acids is 1. The number of nitrogens with one attached hydrogen (secondary N) is 3. The maximum atomic E-state index is 10.8. The van der Waals surface area contributed by atoms with E-state index in [1.54, 1.807) is 13.2 Å². The summed E-state index contributed by atoms with van der Waals surface area (Å²) in [7, 11) is 1.61. The predicted molar refractivity (Wildman–Crippen MR) is 69.7 cm³/mol. The van der Waals surface area contributed by atoms with Crippen molar-refractivity contribution in [1.29, 1.82) is 0 Å². The Labute approximate surface area is 104 Å². The van der Waals surface area contributed by atoms with Crippen LogP contribution < -0.4 is 10.0 Å². The summed E-state index contributed by atoms with van der Waals surface area (Å²) in [6.07, 6.45) is 2.78. The molecule has 2 amide bonds. The summed E-state index contributed by atoms with van der Waals surface area (Å²) in [6.45, 7) is 0. The van der Waals surface area contributed by atoms with Crippen LogP contribution in [0.1, 0.15) is 5.69 Å². The van der Waals surface area contributed by atoms with Crippen LogP contribution in [0, 0.1) is 0 Å². The molecule has 0 unspecified atom stereocenters. The molecule has 1 rings (SSSR count). The molecule has 1 heterocycles. The summed E-state index contributed by atoms with van der Waals surface area (Å²) in [5.74, 6) is 3.02. The Morgan fingerprint density at radius 1 is 1.50 bits per heavy atom. The molecule has 16 heavy (non-hydrogen) atoms. The number of nitrogens with zero attached hydrogens (tertiary/aromatic N) is 1. The van der Waals surface area contributed by atoms with E-state index >= 15 is 0 Å². The molecule has 3 N–H and O–H groups in total. The van der Waals surface area contributed by atoms with E-state index in [0.717, 1.165) is 23.7 Å². The second kappa shape index (κ2) is 8.35. The van der Waals surface area contributed by atoms with Gasteiger partial charge in [-0.05, 0) is 30.2 Å². The van der Waals surface area contributed by atoms with Crippen molar-refractivity contribution < 1.29 is 4.79 Å². The SMILES string of the molecule is CNC(=O)NSCCSCCc1ccn[nH]1. The Morgan fingerprint density at radius 3 is 3.06 bits per heavy atom. The van der Waals surface area contributed by atoms with Gasteiger partial charge >= 0.3 is 6.03 Å². The van der Waals surface area contributed by atoms with Gasteiger partial charge in [0.05, 0.1) is 0 Å². The predicted octanol–water partition coefficient (Wildman–Crippen LogP) is 1.26. The van der Waals surface area contributed by atoms with Gasteiger partial charge in [-0.3, -0.25) is 9.82 Å². The van der Waals surface area contributed by atoms with Gasteiger partial charge in [-0.25, -0.2) is 4.79 Å². The summed E-state index contributed by atoms with van der Waals surface area (Å²) in [6, 6.07) is 1.84. The minimum atomic E-state index is -0.146. The number of hydrogen-bond acceptors (Lipinski definition) is 4. The van der Waals surface area contributed by atoms with Crippen molar-refractivity contribution in [2.75, 3.05) is 24.3 Å². The number of aromatic nitrogens is 2. The monoisotopic (exact) mass is 260 g/mol. The molecule has 0 bridgehead atoms. The number of hydrogen-bond donors (Lipinski definition) is 3. The number of urea groups is 1. The fraction of sp³-hybridized carbons (Fsp3) is 0.556. The summed E-state index contributed by atoms with van der Waals surface area (Å²) in [5, 5.41) is 9.31. The van der Waals surface area contributed by atoms with Crippen molar-refractivity contribution in [3.8, 4) is 0 Å². The molecule has 5 nitrogen and oxygen atoms in total. The second-order valence-corrected chi connectivity index (χ2v) is 5.10. The number of H-pyrrole nitrogens is 1. The van der Waals surface area contributed by atoms with Crippen LogP contribution in [0.4, 0.5) is 4.79 Å². The van der Waals surface area contributed by atoms with Crippen LogP contribution in [0.2, 0.25) is 0 Å². The Balaban J connectivity index is 1.87. The van der Waals surface area contributed by atoms with Crippen LogP contribution in [0.5, 0.6) is 0 Å². The van der Waals surface area contributed by atoms with Crippen molar-refractivity contribution in [2.45, 2.75) is 6.42 Å². The van der Waals surface area contributed by atoms with Crippen LogP contribution >= 0.6 is 23.7 Å². The van der Waals surface area contributed by atoms with E-state index in [1.807, 2.05) is 17.8 Å². The third-order valence-electron chi connectivity index (χ3n) is 1.80. The highest BCUT2D eigenvalue weighted by Crippen LogP contribution is 2.06. The first-order chi connectivity index (χ1) is 7.83. The second-order valence-electron chi connectivity index (χ2n) is 2.97. The van der Waals surface area contributed by atoms with E-state index in [9.17, 15) is 4.79 Å². The van der Waals surface area contributed by atoms with Gasteiger partial charge in [0.1, 0.15) is 0 Å². The fourth-order valence-corrected chi connectivity index (χ4v) is 2.68. The maximum Gasteiger partial charge on any atom is 0.324 e. The quantitative estimate of drug-likeness (QED) is 0.510. The third kappa shape index (κ3) is 5.92. The molecule has 1 aromatic heterocycles. The Morgan fingerprint density at radius 2 is 2.38 bits per heavy atom. The molecule has 0 aromatic carbocycles. The molecule has 0 atom stereocenters. The fourth-order valence-electron chi connectivity index (χ4n) is 0.976. The van der Waals surface area contributed by atoms with Gasteiger partial charge in [-0.2, -0.15) is 16.9 Å². The first kappa shape index (κ1) is 13.2. The number of rotatable bonds is 7. The van der Waals surface area contributed by atoms with E-state index in [2.05, 4.69) is 20.2 Å². The average molecular weight is 260 g/mol. The first-order valence-electron chi connectivity index (χ1n) is 4.98. The number of carbonyl (C=O) groups is 1. The molecule has 1 aromatic rings. The summed E-state index contributed by atoms with van der Waals surface area (Å²) >= 11 is 3.30. The Bertz CT molecular complexity index is 292. The lowest BCUT2D eigenvalue weighted by atomic mass is 10.3. The number of aromatic amines is 1. The zero-order chi connectivity index (χ0) is 11.6. The lowest BCUT2D eigenvalue weighted by Gasteiger charge is -2.02. The molecule has 0 aliphatic carbocycles. The average Bonchev–Trinajstić information content (AvgIpc) is 2.80.